The molecule has 3 heteroatoms. The Morgan fingerprint density at radius 1 is 1.17 bits per heavy atom. The van der Waals surface area contributed by atoms with Crippen molar-refractivity contribution in [2.24, 2.45) is 0 Å². The molecule has 0 atom stereocenters. The largest absolute Gasteiger partial charge is 0.490 e. The predicted octanol–water partition coefficient (Wildman–Crippen LogP) is 3.40. The van der Waals surface area contributed by atoms with Gasteiger partial charge in [-0.05, 0) is 44.4 Å². The zero-order valence-electron chi connectivity index (χ0n) is 11.5. The second kappa shape index (κ2) is 7.75. The molecule has 3 nitrogen and oxygen atoms in total. The average Bonchev–Trinajstić information content (AvgIpc) is 2.35. The van der Waals surface area contributed by atoms with Crippen LogP contribution in [0, 0.1) is 0 Å². The Morgan fingerprint density at radius 2 is 1.94 bits per heavy atom. The fourth-order valence-electron chi connectivity index (χ4n) is 1.63. The van der Waals surface area contributed by atoms with Crippen molar-refractivity contribution < 1.29 is 14.3 Å². The zero-order valence-corrected chi connectivity index (χ0v) is 11.5. The fourth-order valence-corrected chi connectivity index (χ4v) is 1.63. The molecule has 1 aromatic rings. The minimum atomic E-state index is 0.208. The molecular formula is C15H22O3. The van der Waals surface area contributed by atoms with Crippen LogP contribution in [0.2, 0.25) is 0 Å². The van der Waals surface area contributed by atoms with Crippen molar-refractivity contribution in [2.75, 3.05) is 13.2 Å². The van der Waals surface area contributed by atoms with Crippen LogP contribution in [-0.4, -0.2) is 19.0 Å². The monoisotopic (exact) mass is 250 g/mol. The summed E-state index contributed by atoms with van der Waals surface area (Å²) in [6.07, 6.45) is 2.29. The SMILES string of the molecule is CCCOc1ccc(CCC(C)=O)cc1OCC. The normalized spacial score (nSPS) is 10.2. The van der Waals surface area contributed by atoms with Gasteiger partial charge in [0.1, 0.15) is 5.78 Å². The molecule has 0 aromatic heterocycles. The highest BCUT2D eigenvalue weighted by atomic mass is 16.5. The molecule has 1 rings (SSSR count). The second-order valence-corrected chi connectivity index (χ2v) is 4.26. The number of benzene rings is 1. The summed E-state index contributed by atoms with van der Waals surface area (Å²) >= 11 is 0. The van der Waals surface area contributed by atoms with E-state index in [4.69, 9.17) is 9.47 Å². The van der Waals surface area contributed by atoms with Crippen molar-refractivity contribution in [1.29, 1.82) is 0 Å². The minimum absolute atomic E-state index is 0.208. The molecule has 0 spiro atoms. The van der Waals surface area contributed by atoms with E-state index in [0.29, 0.717) is 19.6 Å². The van der Waals surface area contributed by atoms with Crippen LogP contribution in [0.3, 0.4) is 0 Å². The van der Waals surface area contributed by atoms with Gasteiger partial charge in [-0.25, -0.2) is 0 Å². The summed E-state index contributed by atoms with van der Waals surface area (Å²) in [5, 5.41) is 0. The van der Waals surface area contributed by atoms with E-state index in [2.05, 4.69) is 6.92 Å². The van der Waals surface area contributed by atoms with E-state index in [0.717, 1.165) is 29.9 Å². The summed E-state index contributed by atoms with van der Waals surface area (Å²) in [7, 11) is 0. The van der Waals surface area contributed by atoms with Gasteiger partial charge in [0.05, 0.1) is 13.2 Å². The molecule has 0 heterocycles. The van der Waals surface area contributed by atoms with Gasteiger partial charge >= 0.3 is 0 Å². The topological polar surface area (TPSA) is 35.5 Å². The number of hydrogen-bond acceptors (Lipinski definition) is 3. The van der Waals surface area contributed by atoms with E-state index in [1.165, 1.54) is 0 Å². The third-order valence-corrected chi connectivity index (χ3v) is 2.54. The van der Waals surface area contributed by atoms with E-state index in [1.54, 1.807) is 6.92 Å². The zero-order chi connectivity index (χ0) is 13.4. The van der Waals surface area contributed by atoms with Crippen LogP contribution >= 0.6 is 0 Å². The Labute approximate surface area is 109 Å². The van der Waals surface area contributed by atoms with Gasteiger partial charge in [0, 0.05) is 6.42 Å². The van der Waals surface area contributed by atoms with Crippen molar-refractivity contribution in [3.8, 4) is 11.5 Å². The third kappa shape index (κ3) is 4.78. The van der Waals surface area contributed by atoms with Gasteiger partial charge in [-0.2, -0.15) is 0 Å². The Morgan fingerprint density at radius 3 is 2.56 bits per heavy atom. The summed E-state index contributed by atoms with van der Waals surface area (Å²) < 4.78 is 11.2. The van der Waals surface area contributed by atoms with E-state index in [1.807, 2.05) is 25.1 Å². The van der Waals surface area contributed by atoms with E-state index >= 15 is 0 Å². The molecule has 0 saturated heterocycles. The Balaban J connectivity index is 2.77. The first-order chi connectivity index (χ1) is 8.67. The highest BCUT2D eigenvalue weighted by Gasteiger charge is 2.07. The number of rotatable bonds is 8. The first-order valence-corrected chi connectivity index (χ1v) is 6.55. The maximum atomic E-state index is 11.0. The molecule has 0 saturated carbocycles. The summed E-state index contributed by atoms with van der Waals surface area (Å²) in [6, 6.07) is 5.89. The number of Topliss-reactive ketones (excluding diaryl/α,β-unsaturated/α-hetero) is 1. The summed E-state index contributed by atoms with van der Waals surface area (Å²) in [6.45, 7) is 6.93. The molecule has 1 aromatic carbocycles. The highest BCUT2D eigenvalue weighted by molar-refractivity contribution is 5.75. The molecule has 100 valence electrons. The molecule has 0 amide bonds. The van der Waals surface area contributed by atoms with Gasteiger partial charge in [-0.15, -0.1) is 0 Å². The first-order valence-electron chi connectivity index (χ1n) is 6.55. The first kappa shape index (κ1) is 14.6. The number of hydrogen-bond donors (Lipinski definition) is 0. The van der Waals surface area contributed by atoms with Crippen molar-refractivity contribution in [2.45, 2.75) is 40.0 Å². The average molecular weight is 250 g/mol. The molecule has 0 aliphatic rings. The number of carbonyl (C=O) groups is 1. The summed E-state index contributed by atoms with van der Waals surface area (Å²) in [4.78, 5) is 11.0. The van der Waals surface area contributed by atoms with E-state index in [-0.39, 0.29) is 5.78 Å². The van der Waals surface area contributed by atoms with Crippen LogP contribution in [0.5, 0.6) is 11.5 Å². The van der Waals surface area contributed by atoms with Crippen molar-refractivity contribution in [3.63, 3.8) is 0 Å². The van der Waals surface area contributed by atoms with Crippen LogP contribution < -0.4 is 9.47 Å². The second-order valence-electron chi connectivity index (χ2n) is 4.26. The lowest BCUT2D eigenvalue weighted by atomic mass is 10.1. The molecule has 0 unspecified atom stereocenters. The van der Waals surface area contributed by atoms with E-state index < -0.39 is 0 Å². The molecule has 0 fully saturated rings. The van der Waals surface area contributed by atoms with Gasteiger partial charge in [0.2, 0.25) is 0 Å². The van der Waals surface area contributed by atoms with Gasteiger partial charge in [-0.3, -0.25) is 0 Å². The Hall–Kier alpha value is -1.51. The minimum Gasteiger partial charge on any atom is -0.490 e. The smallest absolute Gasteiger partial charge is 0.161 e. The quantitative estimate of drug-likeness (QED) is 0.709. The fraction of sp³-hybridized carbons (Fsp3) is 0.533. The van der Waals surface area contributed by atoms with Crippen LogP contribution in [0.4, 0.5) is 0 Å². The maximum absolute atomic E-state index is 11.0. The van der Waals surface area contributed by atoms with Crippen LogP contribution in [0.1, 0.15) is 39.2 Å². The van der Waals surface area contributed by atoms with Crippen LogP contribution in [0.25, 0.3) is 0 Å². The van der Waals surface area contributed by atoms with Crippen LogP contribution in [-0.2, 0) is 11.2 Å². The van der Waals surface area contributed by atoms with Gasteiger partial charge in [0.25, 0.3) is 0 Å². The lowest BCUT2D eigenvalue weighted by molar-refractivity contribution is -0.116. The molecule has 18 heavy (non-hydrogen) atoms. The molecule has 0 aliphatic heterocycles. The van der Waals surface area contributed by atoms with Gasteiger partial charge in [-0.1, -0.05) is 13.0 Å². The maximum Gasteiger partial charge on any atom is 0.161 e. The number of aryl methyl sites for hydroxylation is 1. The lowest BCUT2D eigenvalue weighted by Crippen LogP contribution is -2.01. The summed E-state index contributed by atoms with van der Waals surface area (Å²) in [5.74, 6) is 1.76. The molecule has 0 N–H and O–H groups in total. The van der Waals surface area contributed by atoms with Crippen LogP contribution in [0.15, 0.2) is 18.2 Å². The van der Waals surface area contributed by atoms with Crippen molar-refractivity contribution in [3.05, 3.63) is 23.8 Å². The lowest BCUT2D eigenvalue weighted by Gasteiger charge is -2.12. The Bertz CT molecular complexity index is 385. The van der Waals surface area contributed by atoms with Crippen molar-refractivity contribution in [1.82, 2.24) is 0 Å². The number of ketones is 1. The molecular weight excluding hydrogens is 228 g/mol. The number of ether oxygens (including phenoxy) is 2. The number of carbonyl (C=O) groups excluding carboxylic acids is 1. The third-order valence-electron chi connectivity index (χ3n) is 2.54. The van der Waals surface area contributed by atoms with E-state index in [9.17, 15) is 4.79 Å². The predicted molar refractivity (Wildman–Crippen MR) is 72.4 cm³/mol. The van der Waals surface area contributed by atoms with Gasteiger partial charge < -0.3 is 14.3 Å². The highest BCUT2D eigenvalue weighted by Crippen LogP contribution is 2.29. The molecule has 0 bridgehead atoms. The standard InChI is InChI=1S/C15H22O3/c1-4-10-18-14-9-8-13(7-6-12(3)16)11-15(14)17-5-2/h8-9,11H,4-7,10H2,1-3H3. The summed E-state index contributed by atoms with van der Waals surface area (Å²) in [5.41, 5.74) is 1.11. The molecule has 0 aliphatic carbocycles. The molecule has 0 radical (unpaired) electrons. The van der Waals surface area contributed by atoms with Crippen molar-refractivity contribution >= 4 is 5.78 Å². The Kier molecular flexibility index (Phi) is 6.26. The van der Waals surface area contributed by atoms with Gasteiger partial charge in [0.15, 0.2) is 11.5 Å².